The van der Waals surface area contributed by atoms with Crippen LogP contribution in [0.4, 0.5) is 10.1 Å². The summed E-state index contributed by atoms with van der Waals surface area (Å²) < 4.78 is 13.4. The summed E-state index contributed by atoms with van der Waals surface area (Å²) in [7, 11) is 1.86. The molecule has 0 unspecified atom stereocenters. The quantitative estimate of drug-likeness (QED) is 0.771. The molecular formula is C10H15FN2. The Labute approximate surface area is 78.2 Å². The van der Waals surface area contributed by atoms with Crippen LogP contribution in [0.25, 0.3) is 0 Å². The van der Waals surface area contributed by atoms with Crippen LogP contribution in [-0.2, 0) is 6.54 Å². The zero-order valence-electron chi connectivity index (χ0n) is 8.05. The standard InChI is InChI=1S/C10H15FN2/c1-3-13(2)10-8(7-12)5-4-6-9(10)11/h4-6H,3,7,12H2,1-2H3. The first-order valence-corrected chi connectivity index (χ1v) is 4.39. The van der Waals surface area contributed by atoms with E-state index in [1.54, 1.807) is 6.07 Å². The van der Waals surface area contributed by atoms with Gasteiger partial charge >= 0.3 is 0 Å². The summed E-state index contributed by atoms with van der Waals surface area (Å²) in [4.78, 5) is 1.86. The molecule has 0 aliphatic heterocycles. The third-order valence-corrected chi connectivity index (χ3v) is 2.15. The van der Waals surface area contributed by atoms with Crippen molar-refractivity contribution < 1.29 is 4.39 Å². The second kappa shape index (κ2) is 4.23. The van der Waals surface area contributed by atoms with Gasteiger partial charge in [0.15, 0.2) is 0 Å². The predicted octanol–water partition coefficient (Wildman–Crippen LogP) is 1.74. The monoisotopic (exact) mass is 182 g/mol. The van der Waals surface area contributed by atoms with Gasteiger partial charge in [-0.15, -0.1) is 0 Å². The number of anilines is 1. The smallest absolute Gasteiger partial charge is 0.146 e. The van der Waals surface area contributed by atoms with E-state index < -0.39 is 0 Å². The van der Waals surface area contributed by atoms with Gasteiger partial charge in [0, 0.05) is 20.1 Å². The molecule has 1 aromatic rings. The maximum atomic E-state index is 13.4. The third-order valence-electron chi connectivity index (χ3n) is 2.15. The van der Waals surface area contributed by atoms with Gasteiger partial charge in [-0.3, -0.25) is 0 Å². The summed E-state index contributed by atoms with van der Waals surface area (Å²) >= 11 is 0. The lowest BCUT2D eigenvalue weighted by Crippen LogP contribution is -2.20. The van der Waals surface area contributed by atoms with E-state index in [0.29, 0.717) is 12.2 Å². The average molecular weight is 182 g/mol. The largest absolute Gasteiger partial charge is 0.372 e. The van der Waals surface area contributed by atoms with Crippen molar-refractivity contribution in [3.8, 4) is 0 Å². The molecule has 0 aliphatic rings. The Hall–Kier alpha value is -1.09. The maximum absolute atomic E-state index is 13.4. The van der Waals surface area contributed by atoms with Crippen LogP contribution < -0.4 is 10.6 Å². The lowest BCUT2D eigenvalue weighted by Gasteiger charge is -2.20. The molecule has 0 radical (unpaired) electrons. The highest BCUT2D eigenvalue weighted by molar-refractivity contribution is 5.54. The van der Waals surface area contributed by atoms with E-state index in [1.165, 1.54) is 6.07 Å². The molecule has 72 valence electrons. The zero-order valence-corrected chi connectivity index (χ0v) is 8.05. The minimum absolute atomic E-state index is 0.202. The molecule has 2 N–H and O–H groups in total. The predicted molar refractivity (Wildman–Crippen MR) is 53.2 cm³/mol. The average Bonchev–Trinajstić information content (AvgIpc) is 2.16. The van der Waals surface area contributed by atoms with Crippen LogP contribution >= 0.6 is 0 Å². The van der Waals surface area contributed by atoms with Crippen LogP contribution in [0.3, 0.4) is 0 Å². The van der Waals surface area contributed by atoms with Crippen molar-refractivity contribution in [2.75, 3.05) is 18.5 Å². The van der Waals surface area contributed by atoms with Gasteiger partial charge in [0.1, 0.15) is 5.82 Å². The van der Waals surface area contributed by atoms with Gasteiger partial charge < -0.3 is 10.6 Å². The van der Waals surface area contributed by atoms with E-state index in [0.717, 1.165) is 12.1 Å². The molecule has 0 saturated heterocycles. The van der Waals surface area contributed by atoms with Crippen LogP contribution in [-0.4, -0.2) is 13.6 Å². The molecule has 0 spiro atoms. The minimum Gasteiger partial charge on any atom is -0.372 e. The van der Waals surface area contributed by atoms with E-state index in [2.05, 4.69) is 0 Å². The number of para-hydroxylation sites is 1. The van der Waals surface area contributed by atoms with Crippen LogP contribution in [0.15, 0.2) is 18.2 Å². The van der Waals surface area contributed by atoms with E-state index in [-0.39, 0.29) is 5.82 Å². The molecule has 0 aliphatic carbocycles. The van der Waals surface area contributed by atoms with Crippen molar-refractivity contribution in [3.63, 3.8) is 0 Å². The molecule has 1 rings (SSSR count). The Morgan fingerprint density at radius 2 is 2.15 bits per heavy atom. The number of nitrogens with zero attached hydrogens (tertiary/aromatic N) is 1. The molecule has 0 heterocycles. The van der Waals surface area contributed by atoms with Gasteiger partial charge in [-0.05, 0) is 18.6 Å². The summed E-state index contributed by atoms with van der Waals surface area (Å²) in [5.74, 6) is -0.202. The number of nitrogens with two attached hydrogens (primary N) is 1. The summed E-state index contributed by atoms with van der Waals surface area (Å²) in [5, 5.41) is 0. The second-order valence-corrected chi connectivity index (χ2v) is 2.97. The van der Waals surface area contributed by atoms with Gasteiger partial charge in [0.05, 0.1) is 5.69 Å². The summed E-state index contributed by atoms with van der Waals surface area (Å²) in [6, 6.07) is 5.00. The molecule has 0 atom stereocenters. The topological polar surface area (TPSA) is 29.3 Å². The maximum Gasteiger partial charge on any atom is 0.146 e. The molecular weight excluding hydrogens is 167 g/mol. The fourth-order valence-corrected chi connectivity index (χ4v) is 1.31. The molecule has 0 amide bonds. The Morgan fingerprint density at radius 1 is 1.46 bits per heavy atom. The molecule has 3 heteroatoms. The molecule has 2 nitrogen and oxygen atoms in total. The van der Waals surface area contributed by atoms with Crippen LogP contribution in [0, 0.1) is 5.82 Å². The van der Waals surface area contributed by atoms with Crippen molar-refractivity contribution in [1.29, 1.82) is 0 Å². The Kier molecular flexibility index (Phi) is 3.25. The van der Waals surface area contributed by atoms with Gasteiger partial charge in [0.25, 0.3) is 0 Å². The van der Waals surface area contributed by atoms with E-state index >= 15 is 0 Å². The van der Waals surface area contributed by atoms with Gasteiger partial charge in [-0.1, -0.05) is 12.1 Å². The Bertz CT molecular complexity index is 286. The van der Waals surface area contributed by atoms with E-state index in [9.17, 15) is 4.39 Å². The SMILES string of the molecule is CCN(C)c1c(F)cccc1CN. The molecule has 0 bridgehead atoms. The van der Waals surface area contributed by atoms with Gasteiger partial charge in [0.2, 0.25) is 0 Å². The number of benzene rings is 1. The molecule has 0 saturated carbocycles. The first-order chi connectivity index (χ1) is 6.20. The first-order valence-electron chi connectivity index (χ1n) is 4.39. The number of hydrogen-bond acceptors (Lipinski definition) is 2. The first kappa shape index (κ1) is 9.99. The molecule has 0 aromatic heterocycles. The fourth-order valence-electron chi connectivity index (χ4n) is 1.31. The fraction of sp³-hybridized carbons (Fsp3) is 0.400. The molecule has 13 heavy (non-hydrogen) atoms. The minimum atomic E-state index is -0.202. The van der Waals surface area contributed by atoms with Crippen LogP contribution in [0.5, 0.6) is 0 Å². The Balaban J connectivity index is 3.14. The zero-order chi connectivity index (χ0) is 9.84. The van der Waals surface area contributed by atoms with Gasteiger partial charge in [-0.2, -0.15) is 0 Å². The molecule has 1 aromatic carbocycles. The lowest BCUT2D eigenvalue weighted by molar-refractivity contribution is 0.621. The normalized spacial score (nSPS) is 10.2. The highest BCUT2D eigenvalue weighted by Gasteiger charge is 2.09. The number of halogens is 1. The van der Waals surface area contributed by atoms with Crippen LogP contribution in [0.1, 0.15) is 12.5 Å². The molecule has 0 fully saturated rings. The van der Waals surface area contributed by atoms with Crippen molar-refractivity contribution in [1.82, 2.24) is 0 Å². The Morgan fingerprint density at radius 3 is 2.69 bits per heavy atom. The lowest BCUT2D eigenvalue weighted by atomic mass is 10.1. The highest BCUT2D eigenvalue weighted by Crippen LogP contribution is 2.22. The van der Waals surface area contributed by atoms with Crippen molar-refractivity contribution in [2.45, 2.75) is 13.5 Å². The highest BCUT2D eigenvalue weighted by atomic mass is 19.1. The van der Waals surface area contributed by atoms with Crippen molar-refractivity contribution >= 4 is 5.69 Å². The number of hydrogen-bond donors (Lipinski definition) is 1. The van der Waals surface area contributed by atoms with E-state index in [1.807, 2.05) is 24.9 Å². The van der Waals surface area contributed by atoms with Crippen molar-refractivity contribution in [3.05, 3.63) is 29.6 Å². The second-order valence-electron chi connectivity index (χ2n) is 2.97. The summed E-state index contributed by atoms with van der Waals surface area (Å²) in [6.45, 7) is 3.12. The third kappa shape index (κ3) is 1.98. The van der Waals surface area contributed by atoms with Crippen molar-refractivity contribution in [2.24, 2.45) is 5.73 Å². The van der Waals surface area contributed by atoms with Gasteiger partial charge in [-0.25, -0.2) is 4.39 Å². The summed E-state index contributed by atoms with van der Waals surface area (Å²) in [5.41, 5.74) is 6.99. The van der Waals surface area contributed by atoms with E-state index in [4.69, 9.17) is 5.73 Å². The number of rotatable bonds is 3. The van der Waals surface area contributed by atoms with Crippen LogP contribution in [0.2, 0.25) is 0 Å². The summed E-state index contributed by atoms with van der Waals surface area (Å²) in [6.07, 6.45) is 0.